The van der Waals surface area contributed by atoms with Gasteiger partial charge in [0.05, 0.1) is 41.4 Å². The van der Waals surface area contributed by atoms with Gasteiger partial charge in [0.15, 0.2) is 5.65 Å². The first-order valence-corrected chi connectivity index (χ1v) is 12.6. The lowest BCUT2D eigenvalue weighted by Gasteiger charge is -2.33. The molecule has 37 heavy (non-hydrogen) atoms. The summed E-state index contributed by atoms with van der Waals surface area (Å²) in [6.07, 6.45) is 3.10. The maximum absolute atomic E-state index is 13.2. The topological polar surface area (TPSA) is 78.6 Å². The summed E-state index contributed by atoms with van der Waals surface area (Å²) < 4.78 is 47.8. The second-order valence-electron chi connectivity index (χ2n) is 10.2. The van der Waals surface area contributed by atoms with Gasteiger partial charge >= 0.3 is 6.18 Å². The van der Waals surface area contributed by atoms with Gasteiger partial charge in [-0.2, -0.15) is 18.3 Å². The average Bonchev–Trinajstić information content (AvgIpc) is 3.59. The van der Waals surface area contributed by atoms with Gasteiger partial charge < -0.3 is 4.74 Å². The van der Waals surface area contributed by atoms with Gasteiger partial charge in [0.2, 0.25) is 0 Å². The van der Waals surface area contributed by atoms with Gasteiger partial charge in [0.1, 0.15) is 17.0 Å². The van der Waals surface area contributed by atoms with Crippen LogP contribution in [0.1, 0.15) is 79.0 Å². The van der Waals surface area contributed by atoms with Crippen molar-refractivity contribution in [2.24, 2.45) is 0 Å². The molecule has 1 aliphatic carbocycles. The largest absolute Gasteiger partial charge is 0.416 e. The maximum atomic E-state index is 13.2. The Labute approximate surface area is 212 Å². The van der Waals surface area contributed by atoms with Crippen LogP contribution in [0.4, 0.5) is 13.2 Å². The second kappa shape index (κ2) is 8.86. The molecule has 1 aromatic carbocycles. The van der Waals surface area contributed by atoms with Gasteiger partial charge in [-0.3, -0.25) is 4.68 Å². The zero-order chi connectivity index (χ0) is 25.9. The van der Waals surface area contributed by atoms with E-state index < -0.39 is 11.7 Å². The summed E-state index contributed by atoms with van der Waals surface area (Å²) in [6, 6.07) is 5.51. The Balaban J connectivity index is 1.40. The monoisotopic (exact) mass is 508 g/mol. The zero-order valence-corrected chi connectivity index (χ0v) is 20.8. The van der Waals surface area contributed by atoms with Gasteiger partial charge in [-0.15, -0.1) is 0 Å². The van der Waals surface area contributed by atoms with E-state index in [2.05, 4.69) is 21.3 Å². The Hall–Kier alpha value is -3.40. The molecule has 0 amide bonds. The first-order chi connectivity index (χ1) is 17.7. The fourth-order valence-electron chi connectivity index (χ4n) is 4.96. The molecule has 7 nitrogen and oxygen atoms in total. The molecule has 3 atom stereocenters. The van der Waals surface area contributed by atoms with E-state index in [1.165, 1.54) is 12.1 Å². The van der Waals surface area contributed by atoms with Crippen molar-refractivity contribution in [3.05, 3.63) is 65.0 Å². The van der Waals surface area contributed by atoms with Crippen molar-refractivity contribution in [2.75, 3.05) is 0 Å². The van der Waals surface area contributed by atoms with Crippen LogP contribution in [0.15, 0.2) is 36.7 Å². The van der Waals surface area contributed by atoms with E-state index in [1.807, 2.05) is 31.6 Å². The highest BCUT2D eigenvalue weighted by atomic mass is 19.4. The van der Waals surface area contributed by atoms with Crippen LogP contribution < -0.4 is 0 Å². The van der Waals surface area contributed by atoms with Crippen molar-refractivity contribution in [1.82, 2.24) is 29.7 Å². The van der Waals surface area contributed by atoms with Crippen LogP contribution in [-0.2, 0) is 10.9 Å². The number of aromatic nitrogens is 6. The third-order valence-corrected chi connectivity index (χ3v) is 7.24. The van der Waals surface area contributed by atoms with Crippen LogP contribution in [0.2, 0.25) is 0 Å². The molecule has 1 saturated heterocycles. The van der Waals surface area contributed by atoms with E-state index in [-0.39, 0.29) is 18.1 Å². The number of rotatable bonds is 4. The first kappa shape index (κ1) is 24.0. The van der Waals surface area contributed by atoms with E-state index in [1.54, 1.807) is 0 Å². The molecule has 0 unspecified atom stereocenters. The zero-order valence-electron chi connectivity index (χ0n) is 20.8. The van der Waals surface area contributed by atoms with Crippen molar-refractivity contribution in [3.63, 3.8) is 0 Å². The molecule has 0 radical (unpaired) electrons. The Morgan fingerprint density at radius 2 is 1.68 bits per heavy atom. The first-order valence-electron chi connectivity index (χ1n) is 12.6. The molecule has 2 fully saturated rings. The third-order valence-electron chi connectivity index (χ3n) is 7.24. The van der Waals surface area contributed by atoms with Crippen LogP contribution >= 0.6 is 0 Å². The quantitative estimate of drug-likeness (QED) is 0.323. The summed E-state index contributed by atoms with van der Waals surface area (Å²) in [4.78, 5) is 19.0. The number of aryl methyl sites for hydroxylation is 2. The molecular weight excluding hydrogens is 481 g/mol. The molecule has 4 aromatic rings. The molecule has 4 heterocycles. The van der Waals surface area contributed by atoms with Crippen LogP contribution in [0.5, 0.6) is 0 Å². The number of hydrogen-bond acceptors (Lipinski definition) is 6. The highest BCUT2D eigenvalue weighted by Crippen LogP contribution is 2.41. The van der Waals surface area contributed by atoms with Crippen molar-refractivity contribution in [1.29, 1.82) is 0 Å². The molecule has 0 spiro atoms. The fourth-order valence-corrected chi connectivity index (χ4v) is 4.96. The molecule has 3 aromatic heterocycles. The lowest BCUT2D eigenvalue weighted by molar-refractivity contribution is -0.137. The number of nitrogens with zero attached hydrogens (tertiary/aromatic N) is 6. The van der Waals surface area contributed by atoms with Gasteiger partial charge in [0.25, 0.3) is 0 Å². The van der Waals surface area contributed by atoms with Crippen molar-refractivity contribution >= 4 is 11.2 Å². The van der Waals surface area contributed by atoms with E-state index in [4.69, 9.17) is 14.7 Å². The number of halogens is 3. The van der Waals surface area contributed by atoms with Crippen molar-refractivity contribution < 1.29 is 17.9 Å². The molecule has 0 bridgehead atoms. The van der Waals surface area contributed by atoms with Gasteiger partial charge in [-0.05, 0) is 58.6 Å². The molecule has 192 valence electrons. The Bertz CT molecular complexity index is 1460. The lowest BCUT2D eigenvalue weighted by atomic mass is 9.89. The number of benzene rings is 1. The van der Waals surface area contributed by atoms with Crippen LogP contribution in [0.25, 0.3) is 22.4 Å². The second-order valence-corrected chi connectivity index (χ2v) is 10.2. The minimum Gasteiger partial charge on any atom is -0.370 e. The summed E-state index contributed by atoms with van der Waals surface area (Å²) in [5, 5.41) is 4.52. The van der Waals surface area contributed by atoms with E-state index in [0.717, 1.165) is 48.3 Å². The molecule has 1 saturated carbocycles. The minimum absolute atomic E-state index is 0.0148. The van der Waals surface area contributed by atoms with E-state index >= 15 is 0 Å². The fraction of sp³-hybridized carbons (Fsp3) is 0.444. The van der Waals surface area contributed by atoms with Crippen LogP contribution in [0, 0.1) is 13.8 Å². The molecule has 2 aliphatic rings. The molecular formula is C27H27F3N6O. The Morgan fingerprint density at radius 3 is 2.38 bits per heavy atom. The van der Waals surface area contributed by atoms with Gasteiger partial charge in [0, 0.05) is 23.2 Å². The van der Waals surface area contributed by atoms with E-state index in [9.17, 15) is 13.2 Å². The van der Waals surface area contributed by atoms with Crippen molar-refractivity contribution in [3.8, 4) is 11.3 Å². The Morgan fingerprint density at radius 1 is 0.946 bits per heavy atom. The normalized spacial score (nSPS) is 22.5. The molecule has 10 heteroatoms. The number of fused-ring (bicyclic) bond motifs is 1. The smallest absolute Gasteiger partial charge is 0.370 e. The van der Waals surface area contributed by atoms with Crippen LogP contribution in [0.3, 0.4) is 0 Å². The lowest BCUT2D eigenvalue weighted by Crippen LogP contribution is -2.26. The van der Waals surface area contributed by atoms with Crippen LogP contribution in [-0.4, -0.2) is 35.8 Å². The maximum Gasteiger partial charge on any atom is 0.416 e. The van der Waals surface area contributed by atoms with Crippen molar-refractivity contribution in [2.45, 2.75) is 76.8 Å². The predicted octanol–water partition coefficient (Wildman–Crippen LogP) is 6.28. The SMILES string of the molecule is Cc1nc2nc([C@H]3C[C@@H](C)O[C@H](c4cnn(C5CC5)c4)C3)nc(-c3ccc(C(F)(F)F)cc3)c2nc1C. The highest BCUT2D eigenvalue weighted by Gasteiger charge is 2.34. The summed E-state index contributed by atoms with van der Waals surface area (Å²) in [5.41, 5.74) is 3.77. The Kier molecular flexibility index (Phi) is 5.74. The summed E-state index contributed by atoms with van der Waals surface area (Å²) in [7, 11) is 0. The van der Waals surface area contributed by atoms with Gasteiger partial charge in [-0.25, -0.2) is 19.9 Å². The molecule has 1 aliphatic heterocycles. The highest BCUT2D eigenvalue weighted by molar-refractivity contribution is 5.87. The third kappa shape index (κ3) is 4.70. The number of alkyl halides is 3. The average molecular weight is 509 g/mol. The van der Waals surface area contributed by atoms with Gasteiger partial charge in [-0.1, -0.05) is 12.1 Å². The number of hydrogen-bond donors (Lipinski definition) is 0. The van der Waals surface area contributed by atoms with E-state index in [0.29, 0.717) is 40.7 Å². The molecule has 0 N–H and O–H groups in total. The molecule has 6 rings (SSSR count). The standard InChI is InChI=1S/C27H27F3N6O/c1-14-10-18(11-22(37-14)19-12-31-36(13-19)21-8-9-21)25-34-23(17-4-6-20(7-5-17)27(28,29)30)24-26(35-25)33-16(3)15(2)32-24/h4-7,12-14,18,21-22H,8-11H2,1-3H3/t14-,18+,22+/m1/s1. The number of ether oxygens (including phenoxy) is 1. The summed E-state index contributed by atoms with van der Waals surface area (Å²) in [6.45, 7) is 5.75. The minimum atomic E-state index is -4.41. The summed E-state index contributed by atoms with van der Waals surface area (Å²) >= 11 is 0. The predicted molar refractivity (Wildman–Crippen MR) is 131 cm³/mol. The summed E-state index contributed by atoms with van der Waals surface area (Å²) in [5.74, 6) is 0.591.